The number of hydrogen-bond acceptors (Lipinski definition) is 4. The van der Waals surface area contributed by atoms with E-state index < -0.39 is 0 Å². The van der Waals surface area contributed by atoms with Gasteiger partial charge in [-0.3, -0.25) is 4.98 Å². The van der Waals surface area contributed by atoms with Gasteiger partial charge in [-0.2, -0.15) is 4.98 Å². The lowest BCUT2D eigenvalue weighted by Crippen LogP contribution is -2.17. The summed E-state index contributed by atoms with van der Waals surface area (Å²) in [6.45, 7) is 0. The summed E-state index contributed by atoms with van der Waals surface area (Å²) in [6.07, 6.45) is 1.31. The molecule has 0 saturated heterocycles. The molecule has 16 heavy (non-hydrogen) atoms. The van der Waals surface area contributed by atoms with Gasteiger partial charge in [-0.25, -0.2) is 9.78 Å². The smallest absolute Gasteiger partial charge is 0.296 e. The minimum atomic E-state index is -0.348. The zero-order valence-corrected chi connectivity index (χ0v) is 8.16. The van der Waals surface area contributed by atoms with Crippen LogP contribution in [-0.4, -0.2) is 24.6 Å². The first-order valence-corrected chi connectivity index (χ1v) is 4.70. The van der Waals surface area contributed by atoms with Crippen molar-refractivity contribution in [2.45, 2.75) is 0 Å². The van der Waals surface area contributed by atoms with Gasteiger partial charge >= 0.3 is 5.69 Å². The lowest BCUT2D eigenvalue weighted by atomic mass is 10.2. The molecule has 0 unspecified atom stereocenters. The summed E-state index contributed by atoms with van der Waals surface area (Å²) in [5.74, 6) is 0.785. The third-order valence-electron chi connectivity index (χ3n) is 2.18. The quantitative estimate of drug-likeness (QED) is 0.637. The maximum atomic E-state index is 11.4. The van der Waals surface area contributed by atoms with Crippen molar-refractivity contribution in [1.82, 2.24) is 24.6 Å². The molecular weight excluding hydrogens is 206 g/mol. The van der Waals surface area contributed by atoms with E-state index >= 15 is 0 Å². The van der Waals surface area contributed by atoms with Gasteiger partial charge in [0.1, 0.15) is 6.33 Å². The summed E-state index contributed by atoms with van der Waals surface area (Å²) in [4.78, 5) is 21.9. The minimum absolute atomic E-state index is 0.294. The van der Waals surface area contributed by atoms with E-state index in [0.29, 0.717) is 11.6 Å². The maximum Gasteiger partial charge on any atom is 0.350 e. The first-order chi connectivity index (χ1) is 7.84. The summed E-state index contributed by atoms with van der Waals surface area (Å²) in [5.41, 5.74) is 0.507. The van der Waals surface area contributed by atoms with Gasteiger partial charge in [-0.05, 0) is 0 Å². The average molecular weight is 213 g/mol. The van der Waals surface area contributed by atoms with E-state index in [1.165, 1.54) is 6.33 Å². The van der Waals surface area contributed by atoms with Crippen molar-refractivity contribution < 1.29 is 0 Å². The number of nitrogens with zero attached hydrogens (tertiary/aromatic N) is 4. The van der Waals surface area contributed by atoms with Crippen LogP contribution in [0.1, 0.15) is 0 Å². The van der Waals surface area contributed by atoms with Gasteiger partial charge in [-0.1, -0.05) is 30.3 Å². The highest BCUT2D eigenvalue weighted by atomic mass is 16.1. The molecule has 0 fully saturated rings. The summed E-state index contributed by atoms with van der Waals surface area (Å²) in [6, 6.07) is 9.44. The number of fused-ring (bicyclic) bond motifs is 1. The molecule has 0 bridgehead atoms. The molecule has 0 radical (unpaired) electrons. The normalized spacial score (nSPS) is 10.8. The zero-order chi connectivity index (χ0) is 11.0. The fourth-order valence-electron chi connectivity index (χ4n) is 1.44. The second-order valence-electron chi connectivity index (χ2n) is 3.22. The van der Waals surface area contributed by atoms with Crippen LogP contribution in [-0.2, 0) is 0 Å². The van der Waals surface area contributed by atoms with Gasteiger partial charge in [0, 0.05) is 5.56 Å². The Hall–Kier alpha value is -2.50. The van der Waals surface area contributed by atoms with Gasteiger partial charge in [0.2, 0.25) is 0 Å². The first-order valence-electron chi connectivity index (χ1n) is 4.70. The number of aromatic amines is 1. The third kappa shape index (κ3) is 1.28. The largest absolute Gasteiger partial charge is 0.350 e. The van der Waals surface area contributed by atoms with E-state index in [1.54, 1.807) is 0 Å². The molecule has 0 aliphatic heterocycles. The van der Waals surface area contributed by atoms with Crippen LogP contribution in [0.4, 0.5) is 0 Å². The zero-order valence-electron chi connectivity index (χ0n) is 8.16. The van der Waals surface area contributed by atoms with Crippen LogP contribution in [0.3, 0.4) is 0 Å². The van der Waals surface area contributed by atoms with Gasteiger partial charge in [0.25, 0.3) is 5.78 Å². The molecule has 3 aromatic rings. The first kappa shape index (κ1) is 8.78. The van der Waals surface area contributed by atoms with Crippen LogP contribution < -0.4 is 5.69 Å². The van der Waals surface area contributed by atoms with Gasteiger partial charge in [-0.15, -0.1) is 9.61 Å². The van der Waals surface area contributed by atoms with Crippen molar-refractivity contribution in [3.05, 3.63) is 47.1 Å². The van der Waals surface area contributed by atoms with Crippen LogP contribution in [0.15, 0.2) is 41.5 Å². The van der Waals surface area contributed by atoms with Crippen molar-refractivity contribution >= 4 is 5.78 Å². The number of H-pyrrole nitrogens is 1. The molecule has 2 aromatic heterocycles. The summed E-state index contributed by atoms with van der Waals surface area (Å²) >= 11 is 0. The predicted molar refractivity (Wildman–Crippen MR) is 56.8 cm³/mol. The monoisotopic (exact) mass is 213 g/mol. The van der Waals surface area contributed by atoms with Crippen molar-refractivity contribution in [2.24, 2.45) is 0 Å². The fraction of sp³-hybridized carbons (Fsp3) is 0. The van der Waals surface area contributed by atoms with Crippen LogP contribution in [0.5, 0.6) is 0 Å². The van der Waals surface area contributed by atoms with Crippen molar-refractivity contribution in [2.75, 3.05) is 0 Å². The van der Waals surface area contributed by atoms with E-state index in [0.717, 1.165) is 10.1 Å². The number of nitrogens with one attached hydrogen (secondary N) is 1. The molecule has 1 N–H and O–H groups in total. The lowest BCUT2D eigenvalue weighted by Gasteiger charge is -1.90. The van der Waals surface area contributed by atoms with E-state index in [9.17, 15) is 4.79 Å². The second kappa shape index (κ2) is 3.27. The number of benzene rings is 1. The highest BCUT2D eigenvalue weighted by Gasteiger charge is 2.07. The Morgan fingerprint density at radius 1 is 1.19 bits per heavy atom. The Kier molecular flexibility index (Phi) is 1.79. The van der Waals surface area contributed by atoms with Crippen LogP contribution in [0.2, 0.25) is 0 Å². The molecule has 6 nitrogen and oxygen atoms in total. The molecule has 2 heterocycles. The number of rotatable bonds is 1. The molecule has 1 aromatic carbocycles. The van der Waals surface area contributed by atoms with E-state index in [4.69, 9.17) is 0 Å². The lowest BCUT2D eigenvalue weighted by molar-refractivity contribution is 0.841. The number of aromatic nitrogens is 5. The second-order valence-corrected chi connectivity index (χ2v) is 3.22. The summed E-state index contributed by atoms with van der Waals surface area (Å²) in [5, 5.41) is 4.08. The van der Waals surface area contributed by atoms with Gasteiger partial charge in [0.15, 0.2) is 5.82 Å². The predicted octanol–water partition coefficient (Wildman–Crippen LogP) is 0.480. The molecule has 78 valence electrons. The topological polar surface area (TPSA) is 75.9 Å². The molecule has 6 heteroatoms. The Labute approximate surface area is 89.6 Å². The third-order valence-corrected chi connectivity index (χ3v) is 2.18. The average Bonchev–Trinajstić information content (AvgIpc) is 2.76. The van der Waals surface area contributed by atoms with Gasteiger partial charge in [0.05, 0.1) is 0 Å². The molecule has 0 aliphatic carbocycles. The molecule has 0 spiro atoms. The van der Waals surface area contributed by atoms with Crippen molar-refractivity contribution in [3.8, 4) is 11.4 Å². The molecule has 0 amide bonds. The summed E-state index contributed by atoms with van der Waals surface area (Å²) in [7, 11) is 0. The van der Waals surface area contributed by atoms with E-state index in [-0.39, 0.29) is 5.69 Å². The van der Waals surface area contributed by atoms with Crippen LogP contribution in [0.25, 0.3) is 17.2 Å². The SMILES string of the molecule is O=c1[nH]cnc2nc(-c3ccccc3)nn12. The molecule has 0 atom stereocenters. The molecule has 0 saturated carbocycles. The summed E-state index contributed by atoms with van der Waals surface area (Å²) < 4.78 is 1.14. The Balaban J connectivity index is 2.28. The maximum absolute atomic E-state index is 11.4. The minimum Gasteiger partial charge on any atom is -0.296 e. The Morgan fingerprint density at radius 2 is 2.00 bits per heavy atom. The van der Waals surface area contributed by atoms with E-state index in [2.05, 4.69) is 20.1 Å². The van der Waals surface area contributed by atoms with Gasteiger partial charge < -0.3 is 0 Å². The molecular formula is C10H7N5O. The van der Waals surface area contributed by atoms with Crippen LogP contribution >= 0.6 is 0 Å². The molecule has 3 rings (SSSR count). The van der Waals surface area contributed by atoms with E-state index in [1.807, 2.05) is 30.3 Å². The van der Waals surface area contributed by atoms with Crippen LogP contribution in [0, 0.1) is 0 Å². The Bertz CT molecular complexity index is 685. The van der Waals surface area contributed by atoms with Crippen molar-refractivity contribution in [1.29, 1.82) is 0 Å². The van der Waals surface area contributed by atoms with Crippen molar-refractivity contribution in [3.63, 3.8) is 0 Å². The fourth-order valence-corrected chi connectivity index (χ4v) is 1.44. The Morgan fingerprint density at radius 3 is 2.75 bits per heavy atom. The highest BCUT2D eigenvalue weighted by molar-refractivity contribution is 5.56. The highest BCUT2D eigenvalue weighted by Crippen LogP contribution is 2.13. The standard InChI is InChI=1S/C10H7N5O/c16-10-12-6-11-9-13-8(14-15(9)10)7-4-2-1-3-5-7/h1-6H,(H,11,12,13,14,16). The molecule has 0 aliphatic rings. The number of hydrogen-bond donors (Lipinski definition) is 1.